The smallest absolute Gasteiger partial charge is 0.223 e. The number of hydrogen-bond donors (Lipinski definition) is 0. The lowest BCUT2D eigenvalue weighted by atomic mass is 9.89. The molecule has 0 amide bonds. The first kappa shape index (κ1) is 12.9. The lowest BCUT2D eigenvalue weighted by Gasteiger charge is -2.21. The average molecular weight is 278 g/mol. The molecule has 0 unspecified atom stereocenters. The van der Waals surface area contributed by atoms with Gasteiger partial charge < -0.3 is 10.4 Å². The standard InChI is InChI=1S/C16H26N2O2/c19-17(9-15-7-11-1-3-13(15)5-11)18(20)10-16-8-12-2-4-14(16)6-12/h11-16H,1-10H2/b18-17+/t11-,12-,13+,14+,15+,16+/m0/s1. The van der Waals surface area contributed by atoms with Crippen LogP contribution in [0.15, 0.2) is 0 Å². The Hall–Kier alpha value is -0.800. The molecule has 0 radical (unpaired) electrons. The summed E-state index contributed by atoms with van der Waals surface area (Å²) in [5.41, 5.74) is 0. The van der Waals surface area contributed by atoms with Crippen LogP contribution >= 0.6 is 0 Å². The summed E-state index contributed by atoms with van der Waals surface area (Å²) in [6.45, 7) is 0.900. The average Bonchev–Trinajstić information content (AvgIpc) is 3.18. The molecule has 0 aromatic heterocycles. The fraction of sp³-hybridized carbons (Fsp3) is 1.00. The Morgan fingerprint density at radius 2 is 1.10 bits per heavy atom. The van der Waals surface area contributed by atoms with Crippen LogP contribution in [0.4, 0.5) is 0 Å². The summed E-state index contributed by atoms with van der Waals surface area (Å²) < 4.78 is 0. The number of azo groups is 1. The molecule has 4 heteroatoms. The third-order valence-electron chi connectivity index (χ3n) is 6.80. The molecular formula is C16H26N2O2. The van der Waals surface area contributed by atoms with Crippen LogP contribution in [0.5, 0.6) is 0 Å². The Bertz CT molecular complexity index is 385. The minimum absolute atomic E-state index is 0.450. The van der Waals surface area contributed by atoms with Crippen molar-refractivity contribution >= 4 is 0 Å². The van der Waals surface area contributed by atoms with Crippen LogP contribution in [0.2, 0.25) is 0 Å². The second-order valence-electron chi connectivity index (χ2n) is 7.94. The predicted octanol–water partition coefficient (Wildman–Crippen LogP) is 3.33. The van der Waals surface area contributed by atoms with Crippen LogP contribution in [-0.2, 0) is 0 Å². The van der Waals surface area contributed by atoms with Crippen LogP contribution in [0, 0.1) is 45.9 Å². The maximum Gasteiger partial charge on any atom is 0.223 e. The summed E-state index contributed by atoms with van der Waals surface area (Å²) in [7, 11) is 0. The maximum absolute atomic E-state index is 12.1. The van der Waals surface area contributed by atoms with Gasteiger partial charge in [0.25, 0.3) is 0 Å². The van der Waals surface area contributed by atoms with E-state index in [1.54, 1.807) is 0 Å². The summed E-state index contributed by atoms with van der Waals surface area (Å²) in [6, 6.07) is 0. The van der Waals surface area contributed by atoms with E-state index in [9.17, 15) is 10.4 Å². The Kier molecular flexibility index (Phi) is 3.15. The second-order valence-corrected chi connectivity index (χ2v) is 7.94. The summed E-state index contributed by atoms with van der Waals surface area (Å²) in [5, 5.41) is 24.2. The Morgan fingerprint density at radius 3 is 1.40 bits per heavy atom. The number of nitrogens with zero attached hydrogens (tertiary/aromatic N) is 2. The van der Waals surface area contributed by atoms with E-state index in [-0.39, 0.29) is 0 Å². The highest BCUT2D eigenvalue weighted by Gasteiger charge is 2.44. The predicted molar refractivity (Wildman–Crippen MR) is 74.9 cm³/mol. The van der Waals surface area contributed by atoms with Crippen molar-refractivity contribution in [2.45, 2.75) is 51.4 Å². The van der Waals surface area contributed by atoms with Crippen molar-refractivity contribution in [3.8, 4) is 0 Å². The number of rotatable bonds is 4. The van der Waals surface area contributed by atoms with Gasteiger partial charge in [0.2, 0.25) is 13.1 Å². The summed E-state index contributed by atoms with van der Waals surface area (Å²) >= 11 is 0. The van der Waals surface area contributed by atoms with Crippen molar-refractivity contribution in [1.82, 2.24) is 0 Å². The molecule has 4 rings (SSSR count). The molecule has 112 valence electrons. The van der Waals surface area contributed by atoms with E-state index < -0.39 is 0 Å². The van der Waals surface area contributed by atoms with E-state index in [2.05, 4.69) is 0 Å². The van der Waals surface area contributed by atoms with Gasteiger partial charge in [-0.1, -0.05) is 12.8 Å². The molecule has 20 heavy (non-hydrogen) atoms. The SMILES string of the molecule is [O-]/[N+](C[C@H]1C[C@H]2CC[C@@H]1C2)=[N+](/[O-])C[C@H]1C[C@H]2CC[C@@H]1C2. The topological polar surface area (TPSA) is 52.1 Å². The molecule has 0 spiro atoms. The minimum Gasteiger partial charge on any atom is -0.567 e. The third kappa shape index (κ3) is 2.21. The molecule has 4 aliphatic rings. The van der Waals surface area contributed by atoms with Crippen molar-refractivity contribution in [3.63, 3.8) is 0 Å². The largest absolute Gasteiger partial charge is 0.567 e. The molecule has 0 heterocycles. The maximum atomic E-state index is 12.1. The van der Waals surface area contributed by atoms with E-state index in [0.717, 1.165) is 33.4 Å². The van der Waals surface area contributed by atoms with Gasteiger partial charge in [0.1, 0.15) is 0 Å². The van der Waals surface area contributed by atoms with E-state index in [1.807, 2.05) is 0 Å². The van der Waals surface area contributed by atoms with Crippen LogP contribution < -0.4 is 0 Å². The Labute approximate surface area is 121 Å². The van der Waals surface area contributed by atoms with E-state index in [0.29, 0.717) is 24.9 Å². The summed E-state index contributed by atoms with van der Waals surface area (Å²) in [4.78, 5) is 1.49. The molecule has 4 nitrogen and oxygen atoms in total. The first-order valence-corrected chi connectivity index (χ1v) is 8.58. The summed E-state index contributed by atoms with van der Waals surface area (Å²) in [6.07, 6.45) is 10.3. The molecule has 4 bridgehead atoms. The fourth-order valence-corrected chi connectivity index (χ4v) is 5.78. The third-order valence-corrected chi connectivity index (χ3v) is 6.80. The van der Waals surface area contributed by atoms with Crippen molar-refractivity contribution in [2.24, 2.45) is 35.5 Å². The number of hydrogen-bond acceptors (Lipinski definition) is 2. The summed E-state index contributed by atoms with van der Waals surface area (Å²) in [5.74, 6) is 4.14. The van der Waals surface area contributed by atoms with Gasteiger partial charge in [-0.25, -0.2) is 0 Å². The van der Waals surface area contributed by atoms with Gasteiger partial charge in [0.05, 0.1) is 0 Å². The number of fused-ring (bicyclic) bond motifs is 4. The number of hydroxylamine groups is 2. The first-order chi connectivity index (χ1) is 9.69. The van der Waals surface area contributed by atoms with Gasteiger partial charge in [-0.15, -0.1) is 0 Å². The molecule has 4 aliphatic carbocycles. The van der Waals surface area contributed by atoms with Crippen LogP contribution in [0.3, 0.4) is 0 Å². The van der Waals surface area contributed by atoms with Crippen molar-refractivity contribution in [2.75, 3.05) is 13.1 Å². The fourth-order valence-electron chi connectivity index (χ4n) is 5.78. The van der Waals surface area contributed by atoms with E-state index in [1.165, 1.54) is 51.4 Å². The van der Waals surface area contributed by atoms with Crippen molar-refractivity contribution < 1.29 is 9.72 Å². The lowest BCUT2D eigenvalue weighted by Crippen LogP contribution is -2.30. The Balaban J connectivity index is 1.35. The second kappa shape index (κ2) is 4.88. The van der Waals surface area contributed by atoms with Crippen molar-refractivity contribution in [1.29, 1.82) is 0 Å². The molecule has 0 aromatic carbocycles. The van der Waals surface area contributed by atoms with Crippen LogP contribution in [-0.4, -0.2) is 22.8 Å². The minimum atomic E-state index is 0.450. The zero-order valence-corrected chi connectivity index (χ0v) is 12.2. The molecule has 0 aromatic rings. The quantitative estimate of drug-likeness (QED) is 0.450. The van der Waals surface area contributed by atoms with Gasteiger partial charge in [-0.2, -0.15) is 0 Å². The zero-order valence-electron chi connectivity index (χ0n) is 12.2. The lowest BCUT2D eigenvalue weighted by molar-refractivity contribution is -0.974. The van der Waals surface area contributed by atoms with Crippen LogP contribution in [0.1, 0.15) is 51.4 Å². The van der Waals surface area contributed by atoms with E-state index >= 15 is 0 Å². The Morgan fingerprint density at radius 1 is 0.650 bits per heavy atom. The van der Waals surface area contributed by atoms with Gasteiger partial charge in [-0.3, -0.25) is 0 Å². The molecule has 4 fully saturated rings. The molecule has 0 saturated heterocycles. The monoisotopic (exact) mass is 278 g/mol. The molecule has 0 aliphatic heterocycles. The van der Waals surface area contributed by atoms with Gasteiger partial charge >= 0.3 is 0 Å². The van der Waals surface area contributed by atoms with Crippen molar-refractivity contribution in [3.05, 3.63) is 10.4 Å². The molecular weight excluding hydrogens is 252 g/mol. The highest BCUT2D eigenvalue weighted by Crippen LogP contribution is 2.49. The zero-order chi connectivity index (χ0) is 13.7. The molecule has 6 atom stereocenters. The molecule has 4 saturated carbocycles. The van der Waals surface area contributed by atoms with E-state index in [4.69, 9.17) is 0 Å². The van der Waals surface area contributed by atoms with Crippen LogP contribution in [0.25, 0.3) is 0 Å². The normalized spacial score (nSPS) is 47.0. The first-order valence-electron chi connectivity index (χ1n) is 8.58. The van der Waals surface area contributed by atoms with Gasteiger partial charge in [0.15, 0.2) is 0 Å². The van der Waals surface area contributed by atoms with Gasteiger partial charge in [-0.05, 0) is 62.2 Å². The van der Waals surface area contributed by atoms with Gasteiger partial charge in [0, 0.05) is 21.6 Å². The highest BCUT2D eigenvalue weighted by molar-refractivity contribution is 4.90. The molecule has 0 N–H and O–H groups in total. The highest BCUT2D eigenvalue weighted by atomic mass is 16.6.